The van der Waals surface area contributed by atoms with Gasteiger partial charge in [-0.3, -0.25) is 0 Å². The predicted octanol–water partition coefficient (Wildman–Crippen LogP) is 2.40. The molecule has 16 heavy (non-hydrogen) atoms. The minimum absolute atomic E-state index is 0.482. The maximum absolute atomic E-state index is 8.88. The third-order valence-electron chi connectivity index (χ3n) is 2.18. The molecule has 0 amide bonds. The van der Waals surface area contributed by atoms with Crippen LogP contribution in [0.1, 0.15) is 11.1 Å². The number of nitrogens with zero attached hydrogens (tertiary/aromatic N) is 3. The molecule has 1 aromatic carbocycles. The van der Waals surface area contributed by atoms with Crippen molar-refractivity contribution in [1.29, 1.82) is 5.26 Å². The van der Waals surface area contributed by atoms with Crippen LogP contribution in [0.25, 0.3) is 0 Å². The lowest BCUT2D eigenvalue weighted by atomic mass is 10.2. The fraction of sp³-hybridized carbons (Fsp3) is 0.0833. The van der Waals surface area contributed by atoms with E-state index in [0.29, 0.717) is 11.3 Å². The van der Waals surface area contributed by atoms with Crippen LogP contribution in [0.5, 0.6) is 0 Å². The van der Waals surface area contributed by atoms with E-state index in [1.807, 2.05) is 31.2 Å². The molecule has 0 spiro atoms. The van der Waals surface area contributed by atoms with E-state index in [1.165, 1.54) is 11.8 Å². The van der Waals surface area contributed by atoms with Crippen LogP contribution < -0.4 is 5.32 Å². The maximum Gasteiger partial charge on any atom is 0.103 e. The highest BCUT2D eigenvalue weighted by atomic mass is 15.1. The van der Waals surface area contributed by atoms with E-state index < -0.39 is 0 Å². The minimum Gasteiger partial charge on any atom is -0.353 e. The van der Waals surface area contributed by atoms with Crippen LogP contribution in [0.3, 0.4) is 0 Å². The van der Waals surface area contributed by atoms with E-state index in [1.54, 1.807) is 6.20 Å². The molecule has 1 N–H and O–H groups in total. The Hall–Kier alpha value is -2.41. The lowest BCUT2D eigenvalue weighted by Crippen LogP contribution is -1.95. The van der Waals surface area contributed by atoms with Crippen LogP contribution in [0.15, 0.2) is 36.7 Å². The lowest BCUT2D eigenvalue weighted by Gasteiger charge is -2.06. The molecule has 4 heteroatoms. The smallest absolute Gasteiger partial charge is 0.103 e. The summed E-state index contributed by atoms with van der Waals surface area (Å²) in [5.74, 6) is 0. The van der Waals surface area contributed by atoms with Gasteiger partial charge in [-0.05, 0) is 19.1 Å². The summed E-state index contributed by atoms with van der Waals surface area (Å²) in [5, 5.41) is 19.4. The van der Waals surface area contributed by atoms with Crippen LogP contribution in [-0.4, -0.2) is 10.2 Å². The predicted molar refractivity (Wildman–Crippen MR) is 61.2 cm³/mol. The summed E-state index contributed by atoms with van der Waals surface area (Å²) < 4.78 is 0. The molecule has 0 aliphatic heterocycles. The minimum atomic E-state index is 0.482. The number of hydrogen-bond donors (Lipinski definition) is 1. The summed E-state index contributed by atoms with van der Waals surface area (Å²) in [6.45, 7) is 2.03. The van der Waals surface area contributed by atoms with Crippen LogP contribution in [-0.2, 0) is 0 Å². The van der Waals surface area contributed by atoms with E-state index in [2.05, 4.69) is 21.6 Å². The second-order valence-corrected chi connectivity index (χ2v) is 3.42. The number of rotatable bonds is 2. The van der Waals surface area contributed by atoms with Gasteiger partial charge in [-0.2, -0.15) is 15.5 Å². The second kappa shape index (κ2) is 4.41. The van der Waals surface area contributed by atoms with E-state index in [0.717, 1.165) is 5.69 Å². The fourth-order valence-corrected chi connectivity index (χ4v) is 1.30. The highest BCUT2D eigenvalue weighted by Crippen LogP contribution is 2.18. The molecule has 1 heterocycles. The van der Waals surface area contributed by atoms with Crippen LogP contribution in [0.2, 0.25) is 0 Å². The average Bonchev–Trinajstić information content (AvgIpc) is 2.33. The lowest BCUT2D eigenvalue weighted by molar-refractivity contribution is 1.03. The van der Waals surface area contributed by atoms with Crippen LogP contribution in [0.4, 0.5) is 11.4 Å². The van der Waals surface area contributed by atoms with Crippen molar-refractivity contribution in [3.05, 3.63) is 47.8 Å². The van der Waals surface area contributed by atoms with Gasteiger partial charge in [0.2, 0.25) is 0 Å². The molecule has 1 aromatic heterocycles. The molecule has 0 aliphatic rings. The van der Waals surface area contributed by atoms with Gasteiger partial charge in [0, 0.05) is 5.69 Å². The van der Waals surface area contributed by atoms with E-state index in [9.17, 15) is 0 Å². The van der Waals surface area contributed by atoms with Crippen molar-refractivity contribution >= 4 is 11.4 Å². The fourth-order valence-electron chi connectivity index (χ4n) is 1.30. The van der Waals surface area contributed by atoms with Gasteiger partial charge in [0.25, 0.3) is 0 Å². The Morgan fingerprint density at radius 3 is 2.50 bits per heavy atom. The zero-order chi connectivity index (χ0) is 11.4. The summed E-state index contributed by atoms with van der Waals surface area (Å²) in [4.78, 5) is 0. The first-order valence-electron chi connectivity index (χ1n) is 4.84. The van der Waals surface area contributed by atoms with Gasteiger partial charge in [0.1, 0.15) is 6.07 Å². The summed E-state index contributed by atoms with van der Waals surface area (Å²) in [6, 6.07) is 9.98. The molecule has 4 nitrogen and oxygen atoms in total. The van der Waals surface area contributed by atoms with Crippen molar-refractivity contribution < 1.29 is 0 Å². The van der Waals surface area contributed by atoms with E-state index in [-0.39, 0.29) is 0 Å². The number of anilines is 2. The molecule has 0 saturated carbocycles. The van der Waals surface area contributed by atoms with E-state index in [4.69, 9.17) is 5.26 Å². The van der Waals surface area contributed by atoms with Gasteiger partial charge in [-0.1, -0.05) is 17.7 Å². The zero-order valence-electron chi connectivity index (χ0n) is 8.81. The van der Waals surface area contributed by atoms with Crippen molar-refractivity contribution in [3.8, 4) is 6.07 Å². The van der Waals surface area contributed by atoms with Crippen molar-refractivity contribution in [2.45, 2.75) is 6.92 Å². The Morgan fingerprint density at radius 2 is 1.81 bits per heavy atom. The topological polar surface area (TPSA) is 61.6 Å². The number of nitriles is 1. The van der Waals surface area contributed by atoms with Crippen molar-refractivity contribution in [3.63, 3.8) is 0 Å². The monoisotopic (exact) mass is 210 g/mol. The molecule has 0 radical (unpaired) electrons. The molecule has 0 unspecified atom stereocenters. The summed E-state index contributed by atoms with van der Waals surface area (Å²) in [7, 11) is 0. The number of benzene rings is 1. The Bertz CT molecular complexity index is 525. The Labute approximate surface area is 93.6 Å². The van der Waals surface area contributed by atoms with Gasteiger partial charge in [0.05, 0.1) is 23.6 Å². The first-order chi connectivity index (χ1) is 7.79. The SMILES string of the molecule is Cc1ccc(Nc2cnncc2C#N)cc1. The highest BCUT2D eigenvalue weighted by molar-refractivity contribution is 5.64. The number of aryl methyl sites for hydroxylation is 1. The van der Waals surface area contributed by atoms with E-state index >= 15 is 0 Å². The molecule has 0 fully saturated rings. The molecular formula is C12H10N4. The van der Waals surface area contributed by atoms with Crippen LogP contribution in [0, 0.1) is 18.3 Å². The summed E-state index contributed by atoms with van der Waals surface area (Å²) in [5.41, 5.74) is 3.27. The molecule has 0 aliphatic carbocycles. The molecule has 0 saturated heterocycles. The van der Waals surface area contributed by atoms with Gasteiger partial charge in [0.15, 0.2) is 0 Å². The number of aromatic nitrogens is 2. The Balaban J connectivity index is 2.27. The summed E-state index contributed by atoms with van der Waals surface area (Å²) >= 11 is 0. The first kappa shape index (κ1) is 10.1. The normalized spacial score (nSPS) is 9.50. The van der Waals surface area contributed by atoms with Gasteiger partial charge < -0.3 is 5.32 Å². The third kappa shape index (κ3) is 2.15. The van der Waals surface area contributed by atoms with Crippen molar-refractivity contribution in [2.24, 2.45) is 0 Å². The average molecular weight is 210 g/mol. The number of hydrogen-bond acceptors (Lipinski definition) is 4. The molecule has 0 atom stereocenters. The van der Waals surface area contributed by atoms with Gasteiger partial charge >= 0.3 is 0 Å². The second-order valence-electron chi connectivity index (χ2n) is 3.42. The molecule has 2 aromatic rings. The Morgan fingerprint density at radius 1 is 1.12 bits per heavy atom. The third-order valence-corrected chi connectivity index (χ3v) is 2.18. The van der Waals surface area contributed by atoms with Crippen LogP contribution >= 0.6 is 0 Å². The van der Waals surface area contributed by atoms with Crippen molar-refractivity contribution in [2.75, 3.05) is 5.32 Å². The first-order valence-corrected chi connectivity index (χ1v) is 4.84. The molecule has 0 bridgehead atoms. The quantitative estimate of drug-likeness (QED) is 0.826. The molecular weight excluding hydrogens is 200 g/mol. The zero-order valence-corrected chi connectivity index (χ0v) is 8.81. The standard InChI is InChI=1S/C12H10N4/c1-9-2-4-11(5-3-9)16-12-8-15-14-7-10(12)6-13/h2-5,7-8H,1H3,(H,14,16). The molecule has 2 rings (SSSR count). The highest BCUT2D eigenvalue weighted by Gasteiger charge is 2.01. The van der Waals surface area contributed by atoms with Gasteiger partial charge in [-0.25, -0.2) is 0 Å². The van der Waals surface area contributed by atoms with Crippen molar-refractivity contribution in [1.82, 2.24) is 10.2 Å². The molecule has 78 valence electrons. The maximum atomic E-state index is 8.88. The number of nitrogens with one attached hydrogen (secondary N) is 1. The van der Waals surface area contributed by atoms with Gasteiger partial charge in [-0.15, -0.1) is 0 Å². The Kier molecular flexibility index (Phi) is 2.79. The summed E-state index contributed by atoms with van der Waals surface area (Å²) in [6.07, 6.45) is 2.98. The largest absolute Gasteiger partial charge is 0.353 e.